The van der Waals surface area contributed by atoms with Crippen molar-refractivity contribution in [3.05, 3.63) is 48.5 Å². The maximum absolute atomic E-state index is 11.6. The Bertz CT molecular complexity index is 645. The van der Waals surface area contributed by atoms with Gasteiger partial charge in [0.1, 0.15) is 6.33 Å². The van der Waals surface area contributed by atoms with Crippen LogP contribution < -0.4 is 5.32 Å². The summed E-state index contributed by atoms with van der Waals surface area (Å²) >= 11 is 0. The third-order valence-electron chi connectivity index (χ3n) is 4.26. The van der Waals surface area contributed by atoms with Crippen molar-refractivity contribution in [1.82, 2.24) is 15.3 Å². The molecule has 0 bridgehead atoms. The zero-order valence-electron chi connectivity index (χ0n) is 12.7. The molecule has 1 aliphatic heterocycles. The highest BCUT2D eigenvalue weighted by Gasteiger charge is 2.30. The first-order valence-electron chi connectivity index (χ1n) is 7.52. The lowest BCUT2D eigenvalue weighted by atomic mass is 9.85. The summed E-state index contributed by atoms with van der Waals surface area (Å²) in [4.78, 5) is 19.7. The Kier molecular flexibility index (Phi) is 6.07. The molecule has 6 heteroatoms. The Labute approximate surface area is 141 Å². The molecule has 2 aromatic rings. The quantitative estimate of drug-likeness (QED) is 0.879. The number of carboxylic acid groups (broad SMARTS) is 1. The maximum atomic E-state index is 11.6. The fourth-order valence-corrected chi connectivity index (χ4v) is 3.06. The van der Waals surface area contributed by atoms with Gasteiger partial charge in [0, 0.05) is 18.0 Å². The second kappa shape index (κ2) is 8.04. The van der Waals surface area contributed by atoms with Gasteiger partial charge in [0.25, 0.3) is 0 Å². The van der Waals surface area contributed by atoms with Crippen LogP contribution in [0.2, 0.25) is 0 Å². The van der Waals surface area contributed by atoms with Crippen LogP contribution in [-0.2, 0) is 11.2 Å². The van der Waals surface area contributed by atoms with Gasteiger partial charge in [-0.2, -0.15) is 0 Å². The van der Waals surface area contributed by atoms with E-state index < -0.39 is 5.97 Å². The van der Waals surface area contributed by atoms with Crippen LogP contribution in [0.1, 0.15) is 12.0 Å². The summed E-state index contributed by atoms with van der Waals surface area (Å²) in [5.41, 5.74) is 3.01. The second-order valence-electron chi connectivity index (χ2n) is 5.73. The molecule has 0 radical (unpaired) electrons. The molecule has 1 aromatic heterocycles. The number of rotatable bonds is 5. The van der Waals surface area contributed by atoms with Gasteiger partial charge in [0.15, 0.2) is 0 Å². The van der Waals surface area contributed by atoms with E-state index in [-0.39, 0.29) is 24.2 Å². The van der Waals surface area contributed by atoms with Crippen molar-refractivity contribution >= 4 is 18.4 Å². The third kappa shape index (κ3) is 4.27. The third-order valence-corrected chi connectivity index (χ3v) is 4.26. The highest BCUT2D eigenvalue weighted by molar-refractivity contribution is 5.85. The molecule has 1 unspecified atom stereocenters. The molecule has 122 valence electrons. The molecule has 0 saturated carbocycles. The van der Waals surface area contributed by atoms with Crippen molar-refractivity contribution in [3.63, 3.8) is 0 Å². The van der Waals surface area contributed by atoms with E-state index in [0.29, 0.717) is 6.42 Å². The number of nitrogens with zero attached hydrogens (tertiary/aromatic N) is 2. The zero-order chi connectivity index (χ0) is 15.4. The Hall–Kier alpha value is -1.98. The van der Waals surface area contributed by atoms with Crippen LogP contribution in [-0.4, -0.2) is 34.1 Å². The Morgan fingerprint density at radius 3 is 2.74 bits per heavy atom. The minimum Gasteiger partial charge on any atom is -0.481 e. The molecule has 1 aliphatic rings. The van der Waals surface area contributed by atoms with Gasteiger partial charge >= 0.3 is 5.97 Å². The van der Waals surface area contributed by atoms with E-state index >= 15 is 0 Å². The molecular formula is C17H20ClN3O2. The van der Waals surface area contributed by atoms with Crippen LogP contribution in [0.4, 0.5) is 0 Å². The number of halogens is 1. The number of hydrogen-bond donors (Lipinski definition) is 2. The fraction of sp³-hybridized carbons (Fsp3) is 0.353. The van der Waals surface area contributed by atoms with Crippen LogP contribution in [0.15, 0.2) is 43.0 Å². The number of carboxylic acids is 1. The molecule has 1 aromatic carbocycles. The predicted molar refractivity (Wildman–Crippen MR) is 90.5 cm³/mol. The van der Waals surface area contributed by atoms with Crippen LogP contribution in [0, 0.1) is 11.8 Å². The molecule has 0 spiro atoms. The fourth-order valence-electron chi connectivity index (χ4n) is 3.06. The lowest BCUT2D eigenvalue weighted by Crippen LogP contribution is -2.27. The molecule has 5 nitrogen and oxygen atoms in total. The largest absolute Gasteiger partial charge is 0.481 e. The Morgan fingerprint density at radius 1 is 1.30 bits per heavy atom. The maximum Gasteiger partial charge on any atom is 0.307 e. The van der Waals surface area contributed by atoms with E-state index in [2.05, 4.69) is 15.3 Å². The Morgan fingerprint density at radius 2 is 2.09 bits per heavy atom. The molecule has 1 saturated heterocycles. The Balaban J connectivity index is 0.00000192. The monoisotopic (exact) mass is 333 g/mol. The molecule has 2 N–H and O–H groups in total. The lowest BCUT2D eigenvalue weighted by Gasteiger charge is -2.19. The van der Waals surface area contributed by atoms with E-state index in [4.69, 9.17) is 0 Å². The first kappa shape index (κ1) is 17.4. The summed E-state index contributed by atoms with van der Waals surface area (Å²) in [5, 5.41) is 12.8. The number of hydrogen-bond acceptors (Lipinski definition) is 4. The molecule has 23 heavy (non-hydrogen) atoms. The standard InChI is InChI=1S/C17H19N3O2.ClH/c21-17(22)16(14-4-5-18-8-14)7-12-2-1-3-13(6-12)15-9-19-11-20-10-15;/h1-3,6,9-11,14,16,18H,4-5,7-8H2,(H,21,22);1H/t14-,16?;/m0./s1. The minimum absolute atomic E-state index is 0. The summed E-state index contributed by atoms with van der Waals surface area (Å²) in [6.45, 7) is 1.71. The van der Waals surface area contributed by atoms with Crippen LogP contribution in [0.5, 0.6) is 0 Å². The summed E-state index contributed by atoms with van der Waals surface area (Å²) < 4.78 is 0. The van der Waals surface area contributed by atoms with Crippen molar-refractivity contribution < 1.29 is 9.90 Å². The van der Waals surface area contributed by atoms with E-state index in [1.165, 1.54) is 6.33 Å². The van der Waals surface area contributed by atoms with E-state index in [0.717, 1.165) is 36.2 Å². The van der Waals surface area contributed by atoms with Gasteiger partial charge < -0.3 is 10.4 Å². The number of carbonyl (C=O) groups is 1. The molecule has 2 atom stereocenters. The molecule has 1 fully saturated rings. The van der Waals surface area contributed by atoms with Gasteiger partial charge in [0.05, 0.1) is 5.92 Å². The van der Waals surface area contributed by atoms with Gasteiger partial charge in [0.2, 0.25) is 0 Å². The topological polar surface area (TPSA) is 75.1 Å². The average Bonchev–Trinajstić information content (AvgIpc) is 3.07. The van der Waals surface area contributed by atoms with E-state index in [1.54, 1.807) is 12.4 Å². The highest BCUT2D eigenvalue weighted by Crippen LogP contribution is 2.26. The minimum atomic E-state index is -0.706. The predicted octanol–water partition coefficient (Wildman–Crippen LogP) is 2.42. The highest BCUT2D eigenvalue weighted by atomic mass is 35.5. The first-order valence-corrected chi connectivity index (χ1v) is 7.52. The molecule has 3 rings (SSSR count). The van der Waals surface area contributed by atoms with Gasteiger partial charge in [-0.3, -0.25) is 4.79 Å². The van der Waals surface area contributed by atoms with Gasteiger partial charge in [-0.1, -0.05) is 24.3 Å². The smallest absolute Gasteiger partial charge is 0.307 e. The number of aromatic nitrogens is 2. The van der Waals surface area contributed by atoms with Crippen LogP contribution in [0.3, 0.4) is 0 Å². The normalized spacial score (nSPS) is 18.2. The van der Waals surface area contributed by atoms with Crippen molar-refractivity contribution in [2.24, 2.45) is 11.8 Å². The number of benzene rings is 1. The molecule has 0 aliphatic carbocycles. The molecular weight excluding hydrogens is 314 g/mol. The summed E-state index contributed by atoms with van der Waals surface area (Å²) in [6.07, 6.45) is 6.52. The number of aliphatic carboxylic acids is 1. The SMILES string of the molecule is Cl.O=C(O)C(Cc1cccc(-c2cncnc2)c1)[C@H]1CCNC1. The van der Waals surface area contributed by atoms with Gasteiger partial charge in [-0.25, -0.2) is 9.97 Å². The van der Waals surface area contributed by atoms with E-state index in [9.17, 15) is 9.90 Å². The van der Waals surface area contributed by atoms with Crippen LogP contribution in [0.25, 0.3) is 11.1 Å². The summed E-state index contributed by atoms with van der Waals surface area (Å²) in [5.74, 6) is -0.833. The van der Waals surface area contributed by atoms with Gasteiger partial charge in [-0.15, -0.1) is 12.4 Å². The summed E-state index contributed by atoms with van der Waals surface area (Å²) in [7, 11) is 0. The van der Waals surface area contributed by atoms with Crippen molar-refractivity contribution in [2.45, 2.75) is 12.8 Å². The first-order chi connectivity index (χ1) is 10.7. The van der Waals surface area contributed by atoms with E-state index in [1.807, 2.05) is 24.3 Å². The molecule has 0 amide bonds. The molecule has 2 heterocycles. The van der Waals surface area contributed by atoms with Gasteiger partial charge in [-0.05, 0) is 43.0 Å². The van der Waals surface area contributed by atoms with Crippen molar-refractivity contribution in [1.29, 1.82) is 0 Å². The lowest BCUT2D eigenvalue weighted by molar-refractivity contribution is -0.143. The van der Waals surface area contributed by atoms with Crippen LogP contribution >= 0.6 is 12.4 Å². The number of nitrogens with one attached hydrogen (secondary N) is 1. The van der Waals surface area contributed by atoms with Crippen molar-refractivity contribution in [2.75, 3.05) is 13.1 Å². The second-order valence-corrected chi connectivity index (χ2v) is 5.73. The average molecular weight is 334 g/mol. The zero-order valence-corrected chi connectivity index (χ0v) is 13.5. The summed E-state index contributed by atoms with van der Waals surface area (Å²) in [6, 6.07) is 7.99. The van der Waals surface area contributed by atoms with Crippen molar-refractivity contribution in [3.8, 4) is 11.1 Å².